The maximum absolute atomic E-state index is 12.0. The first-order valence-electron chi connectivity index (χ1n) is 5.99. The number of ether oxygens (including phenoxy) is 3. The summed E-state index contributed by atoms with van der Waals surface area (Å²) in [7, 11) is 4.67. The second-order valence-electron chi connectivity index (χ2n) is 4.54. The second-order valence-corrected chi connectivity index (χ2v) is 4.54. The molecular weight excluding hydrogens is 246 g/mol. The molecule has 0 bridgehead atoms. The van der Waals surface area contributed by atoms with E-state index in [0.29, 0.717) is 18.0 Å². The molecule has 5 nitrogen and oxygen atoms in total. The van der Waals surface area contributed by atoms with Crippen molar-refractivity contribution in [2.24, 2.45) is 0 Å². The molecule has 1 aromatic carbocycles. The van der Waals surface area contributed by atoms with Gasteiger partial charge in [0.2, 0.25) is 0 Å². The molecule has 106 valence electrons. The number of rotatable bonds is 6. The Kier molecular flexibility index (Phi) is 5.18. The smallest absolute Gasteiger partial charge is 0.251 e. The number of methoxy groups -OCH3 is 3. The lowest BCUT2D eigenvalue weighted by Gasteiger charge is -2.22. The zero-order chi connectivity index (χ0) is 14.5. The maximum Gasteiger partial charge on any atom is 0.251 e. The van der Waals surface area contributed by atoms with E-state index < -0.39 is 5.60 Å². The van der Waals surface area contributed by atoms with Crippen LogP contribution in [0.3, 0.4) is 0 Å². The van der Waals surface area contributed by atoms with Crippen LogP contribution in [-0.2, 0) is 16.1 Å². The van der Waals surface area contributed by atoms with E-state index in [0.717, 1.165) is 5.56 Å². The Hall–Kier alpha value is -1.75. The van der Waals surface area contributed by atoms with Crippen LogP contribution in [-0.4, -0.2) is 32.8 Å². The van der Waals surface area contributed by atoms with Gasteiger partial charge in [-0.1, -0.05) is 6.07 Å². The third-order valence-corrected chi connectivity index (χ3v) is 3.01. The first kappa shape index (κ1) is 15.3. The lowest BCUT2D eigenvalue weighted by Crippen LogP contribution is -2.43. The summed E-state index contributed by atoms with van der Waals surface area (Å²) in [5.41, 5.74) is -0.0670. The minimum absolute atomic E-state index is 0.192. The SMILES string of the molecule is COc1cccc(OC)c1CNC(=O)C(C)(C)OC. The molecule has 0 aromatic heterocycles. The molecule has 1 N–H and O–H groups in total. The second kappa shape index (κ2) is 6.43. The number of hydrogen-bond acceptors (Lipinski definition) is 4. The van der Waals surface area contributed by atoms with Gasteiger partial charge in [0.1, 0.15) is 17.1 Å². The molecule has 0 fully saturated rings. The molecular formula is C14H21NO4. The molecule has 0 spiro atoms. The van der Waals surface area contributed by atoms with E-state index in [2.05, 4.69) is 5.32 Å². The summed E-state index contributed by atoms with van der Waals surface area (Å²) in [6, 6.07) is 5.49. The monoisotopic (exact) mass is 267 g/mol. The maximum atomic E-state index is 12.0. The third-order valence-electron chi connectivity index (χ3n) is 3.01. The molecule has 0 unspecified atom stereocenters. The van der Waals surface area contributed by atoms with Crippen molar-refractivity contribution in [1.29, 1.82) is 0 Å². The van der Waals surface area contributed by atoms with E-state index in [1.54, 1.807) is 28.1 Å². The molecule has 1 amide bonds. The van der Waals surface area contributed by atoms with Crippen LogP contribution in [0.1, 0.15) is 19.4 Å². The predicted molar refractivity (Wildman–Crippen MR) is 72.5 cm³/mol. The summed E-state index contributed by atoms with van der Waals surface area (Å²) in [5, 5.41) is 2.82. The van der Waals surface area contributed by atoms with E-state index in [9.17, 15) is 4.79 Å². The Balaban J connectivity index is 2.85. The Labute approximate surface area is 113 Å². The number of amides is 1. The number of nitrogens with one attached hydrogen (secondary N) is 1. The van der Waals surface area contributed by atoms with Crippen molar-refractivity contribution in [3.8, 4) is 11.5 Å². The predicted octanol–water partition coefficient (Wildman–Crippen LogP) is 1.74. The van der Waals surface area contributed by atoms with Gasteiger partial charge in [0.15, 0.2) is 0 Å². The summed E-state index contributed by atoms with van der Waals surface area (Å²) >= 11 is 0. The van der Waals surface area contributed by atoms with E-state index >= 15 is 0 Å². The molecule has 0 aliphatic rings. The number of carbonyl (C=O) groups excluding carboxylic acids is 1. The fourth-order valence-electron chi connectivity index (χ4n) is 1.58. The molecule has 0 aliphatic heterocycles. The van der Waals surface area contributed by atoms with Crippen LogP contribution in [0.5, 0.6) is 11.5 Å². The van der Waals surface area contributed by atoms with Crippen molar-refractivity contribution in [3.63, 3.8) is 0 Å². The largest absolute Gasteiger partial charge is 0.496 e. The molecule has 0 saturated carbocycles. The molecule has 0 aliphatic carbocycles. The van der Waals surface area contributed by atoms with E-state index in [1.165, 1.54) is 7.11 Å². The number of carbonyl (C=O) groups is 1. The standard InChI is InChI=1S/C14H21NO4/c1-14(2,19-5)13(16)15-9-10-11(17-3)7-6-8-12(10)18-4/h6-8H,9H2,1-5H3,(H,15,16). The summed E-state index contributed by atoms with van der Waals surface area (Å²) < 4.78 is 15.7. The molecule has 1 aromatic rings. The molecule has 0 saturated heterocycles. The van der Waals surface area contributed by atoms with E-state index in [4.69, 9.17) is 14.2 Å². The number of hydrogen-bond donors (Lipinski definition) is 1. The third kappa shape index (κ3) is 3.61. The first-order valence-corrected chi connectivity index (χ1v) is 5.99. The Morgan fingerprint density at radius 1 is 1.16 bits per heavy atom. The van der Waals surface area contributed by atoms with Crippen molar-refractivity contribution in [1.82, 2.24) is 5.32 Å². The van der Waals surface area contributed by atoms with Crippen LogP contribution < -0.4 is 14.8 Å². The van der Waals surface area contributed by atoms with Gasteiger partial charge in [-0.25, -0.2) is 0 Å². The first-order chi connectivity index (χ1) is 8.96. The highest BCUT2D eigenvalue weighted by Crippen LogP contribution is 2.28. The van der Waals surface area contributed by atoms with Gasteiger partial charge in [-0.15, -0.1) is 0 Å². The van der Waals surface area contributed by atoms with Crippen molar-refractivity contribution in [2.45, 2.75) is 26.0 Å². The van der Waals surface area contributed by atoms with Gasteiger partial charge < -0.3 is 19.5 Å². The molecule has 19 heavy (non-hydrogen) atoms. The summed E-state index contributed by atoms with van der Waals surface area (Å²) in [6.45, 7) is 3.74. The van der Waals surface area contributed by atoms with Crippen LogP contribution >= 0.6 is 0 Å². The fourth-order valence-corrected chi connectivity index (χ4v) is 1.58. The van der Waals surface area contributed by atoms with Crippen molar-refractivity contribution < 1.29 is 19.0 Å². The highest BCUT2D eigenvalue weighted by Gasteiger charge is 2.27. The molecule has 5 heteroatoms. The van der Waals surface area contributed by atoms with Gasteiger partial charge in [0.05, 0.1) is 26.3 Å². The molecule has 1 rings (SSSR count). The van der Waals surface area contributed by atoms with Crippen LogP contribution in [0.15, 0.2) is 18.2 Å². The van der Waals surface area contributed by atoms with Gasteiger partial charge in [-0.3, -0.25) is 4.79 Å². The van der Waals surface area contributed by atoms with Crippen LogP contribution in [0.2, 0.25) is 0 Å². The Morgan fingerprint density at radius 2 is 1.68 bits per heavy atom. The molecule has 0 radical (unpaired) electrons. The fraction of sp³-hybridized carbons (Fsp3) is 0.500. The molecule has 0 atom stereocenters. The highest BCUT2D eigenvalue weighted by atomic mass is 16.5. The molecule has 0 heterocycles. The topological polar surface area (TPSA) is 56.8 Å². The van der Waals surface area contributed by atoms with Crippen molar-refractivity contribution in [3.05, 3.63) is 23.8 Å². The van der Waals surface area contributed by atoms with Gasteiger partial charge in [-0.05, 0) is 26.0 Å². The minimum Gasteiger partial charge on any atom is -0.496 e. The van der Waals surface area contributed by atoms with Gasteiger partial charge in [-0.2, -0.15) is 0 Å². The van der Waals surface area contributed by atoms with Gasteiger partial charge in [0, 0.05) is 7.11 Å². The van der Waals surface area contributed by atoms with Gasteiger partial charge >= 0.3 is 0 Å². The average Bonchev–Trinajstić information content (AvgIpc) is 2.43. The summed E-state index contributed by atoms with van der Waals surface area (Å²) in [4.78, 5) is 12.0. The lowest BCUT2D eigenvalue weighted by molar-refractivity contribution is -0.139. The van der Waals surface area contributed by atoms with Gasteiger partial charge in [0.25, 0.3) is 5.91 Å². The zero-order valence-electron chi connectivity index (χ0n) is 12.1. The van der Waals surface area contributed by atoms with Crippen molar-refractivity contribution >= 4 is 5.91 Å². The van der Waals surface area contributed by atoms with Crippen LogP contribution in [0.25, 0.3) is 0 Å². The quantitative estimate of drug-likeness (QED) is 0.853. The normalized spacial score (nSPS) is 11.0. The van der Waals surface area contributed by atoms with E-state index in [1.807, 2.05) is 18.2 Å². The van der Waals surface area contributed by atoms with Crippen LogP contribution in [0, 0.1) is 0 Å². The lowest BCUT2D eigenvalue weighted by atomic mass is 10.1. The van der Waals surface area contributed by atoms with Crippen LogP contribution in [0.4, 0.5) is 0 Å². The average molecular weight is 267 g/mol. The highest BCUT2D eigenvalue weighted by molar-refractivity contribution is 5.84. The minimum atomic E-state index is -0.866. The van der Waals surface area contributed by atoms with Crippen molar-refractivity contribution in [2.75, 3.05) is 21.3 Å². The Morgan fingerprint density at radius 3 is 2.11 bits per heavy atom. The zero-order valence-corrected chi connectivity index (χ0v) is 12.1. The summed E-state index contributed by atoms with van der Waals surface area (Å²) in [6.07, 6.45) is 0. The number of benzene rings is 1. The summed E-state index contributed by atoms with van der Waals surface area (Å²) in [5.74, 6) is 1.16. The Bertz CT molecular complexity index is 421. The van der Waals surface area contributed by atoms with E-state index in [-0.39, 0.29) is 5.91 Å².